The third kappa shape index (κ3) is 4.19. The number of rotatable bonds is 4. The van der Waals surface area contributed by atoms with Gasteiger partial charge in [-0.3, -0.25) is 4.57 Å². The fourth-order valence-electron chi connectivity index (χ4n) is 0.799. The molecule has 1 unspecified atom stereocenters. The summed E-state index contributed by atoms with van der Waals surface area (Å²) in [4.78, 5) is 10.2. The first-order valence-electron chi connectivity index (χ1n) is 3.76. The standard InChI is InChI=1S/C8H10ClO2PS/c9-6-7-12(10,11)13-8-4-2-1-3-5-8/h1-5H,6-7H2,(H,10,11). The Bertz CT molecular complexity index is 304. The van der Waals surface area contributed by atoms with Crippen LogP contribution in [0.4, 0.5) is 0 Å². The molecule has 0 bridgehead atoms. The van der Waals surface area contributed by atoms with Crippen LogP contribution in [0.5, 0.6) is 0 Å². The van der Waals surface area contributed by atoms with E-state index < -0.39 is 6.57 Å². The molecule has 0 aliphatic heterocycles. The van der Waals surface area contributed by atoms with Crippen molar-refractivity contribution in [2.75, 3.05) is 12.0 Å². The second-order valence-corrected chi connectivity index (χ2v) is 7.47. The van der Waals surface area contributed by atoms with Gasteiger partial charge in [-0.25, -0.2) is 0 Å². The molecule has 0 radical (unpaired) electrons. The molecule has 0 heterocycles. The largest absolute Gasteiger partial charge is 0.337 e. The molecule has 1 aromatic carbocycles. The fraction of sp³-hybridized carbons (Fsp3) is 0.250. The zero-order chi connectivity index (χ0) is 9.73. The van der Waals surface area contributed by atoms with E-state index in [1.54, 1.807) is 0 Å². The van der Waals surface area contributed by atoms with Crippen LogP contribution < -0.4 is 0 Å². The van der Waals surface area contributed by atoms with Gasteiger partial charge < -0.3 is 4.89 Å². The number of alkyl halides is 1. The molecule has 1 N–H and O–H groups in total. The van der Waals surface area contributed by atoms with E-state index in [1.165, 1.54) is 0 Å². The molecule has 0 aliphatic carbocycles. The Morgan fingerprint density at radius 2 is 2.00 bits per heavy atom. The summed E-state index contributed by atoms with van der Waals surface area (Å²) >= 11 is 6.40. The van der Waals surface area contributed by atoms with Crippen molar-refractivity contribution in [3.8, 4) is 0 Å². The Hall–Kier alpha value is 0.0500. The van der Waals surface area contributed by atoms with Crippen molar-refractivity contribution in [1.82, 2.24) is 0 Å². The maximum absolute atomic E-state index is 11.4. The van der Waals surface area contributed by atoms with E-state index in [0.29, 0.717) is 0 Å². The highest BCUT2D eigenvalue weighted by atomic mass is 35.5. The van der Waals surface area contributed by atoms with E-state index in [9.17, 15) is 9.46 Å². The SMILES string of the molecule is O=P(O)(CCCl)Sc1ccccc1. The van der Waals surface area contributed by atoms with Gasteiger partial charge in [0, 0.05) is 16.9 Å². The molecule has 0 aromatic heterocycles. The van der Waals surface area contributed by atoms with Crippen LogP contribution in [0.2, 0.25) is 0 Å². The van der Waals surface area contributed by atoms with E-state index in [4.69, 9.17) is 11.6 Å². The molecule has 0 amide bonds. The van der Waals surface area contributed by atoms with Crippen LogP contribution in [0.25, 0.3) is 0 Å². The summed E-state index contributed by atoms with van der Waals surface area (Å²) in [7, 11) is 0. The Labute approximate surface area is 86.5 Å². The third-order valence-corrected chi connectivity index (χ3v) is 5.40. The molecule has 0 saturated carbocycles. The summed E-state index contributed by atoms with van der Waals surface area (Å²) in [6.07, 6.45) is 0.147. The second-order valence-electron chi connectivity index (χ2n) is 2.45. The van der Waals surface area contributed by atoms with Crippen molar-refractivity contribution < 1.29 is 9.46 Å². The van der Waals surface area contributed by atoms with Crippen LogP contribution >= 0.6 is 29.6 Å². The van der Waals surface area contributed by atoms with Crippen LogP contribution in [0, 0.1) is 0 Å². The van der Waals surface area contributed by atoms with Crippen LogP contribution in [-0.2, 0) is 4.57 Å². The van der Waals surface area contributed by atoms with Crippen LogP contribution in [0.1, 0.15) is 0 Å². The summed E-state index contributed by atoms with van der Waals surface area (Å²) in [5.74, 6) is 0.216. The molecule has 0 spiro atoms. The zero-order valence-corrected chi connectivity index (χ0v) is 9.36. The van der Waals surface area contributed by atoms with Crippen molar-refractivity contribution in [3.63, 3.8) is 0 Å². The van der Waals surface area contributed by atoms with Crippen molar-refractivity contribution in [1.29, 1.82) is 0 Å². The molecule has 13 heavy (non-hydrogen) atoms. The average molecular weight is 237 g/mol. The van der Waals surface area contributed by atoms with Gasteiger partial charge in [0.1, 0.15) is 0 Å². The van der Waals surface area contributed by atoms with Crippen molar-refractivity contribution in [3.05, 3.63) is 30.3 Å². The quantitative estimate of drug-likeness (QED) is 0.644. The third-order valence-electron chi connectivity index (χ3n) is 1.36. The Balaban J connectivity index is 2.64. The highest BCUT2D eigenvalue weighted by molar-refractivity contribution is 8.56. The van der Waals surface area contributed by atoms with E-state index in [0.717, 1.165) is 16.3 Å². The minimum absolute atomic E-state index is 0.147. The average Bonchev–Trinajstić information content (AvgIpc) is 2.04. The minimum atomic E-state index is -3.13. The van der Waals surface area contributed by atoms with Gasteiger partial charge in [-0.05, 0) is 23.5 Å². The molecule has 5 heteroatoms. The fourth-order valence-corrected chi connectivity index (χ4v) is 4.60. The van der Waals surface area contributed by atoms with Gasteiger partial charge in [-0.1, -0.05) is 18.2 Å². The molecule has 0 saturated heterocycles. The lowest BCUT2D eigenvalue weighted by atomic mass is 10.4. The Morgan fingerprint density at radius 3 is 2.54 bits per heavy atom. The monoisotopic (exact) mass is 236 g/mol. The first-order valence-corrected chi connectivity index (χ1v) is 7.56. The highest BCUT2D eigenvalue weighted by Crippen LogP contribution is 2.57. The second kappa shape index (κ2) is 5.06. The van der Waals surface area contributed by atoms with Gasteiger partial charge in [-0.15, -0.1) is 11.6 Å². The summed E-state index contributed by atoms with van der Waals surface area (Å²) < 4.78 is 11.4. The smallest absolute Gasteiger partial charge is 0.260 e. The number of hydrogen-bond donors (Lipinski definition) is 1. The zero-order valence-electron chi connectivity index (χ0n) is 6.89. The van der Waals surface area contributed by atoms with E-state index >= 15 is 0 Å². The van der Waals surface area contributed by atoms with Gasteiger partial charge >= 0.3 is 0 Å². The summed E-state index contributed by atoms with van der Waals surface area (Å²) in [5, 5.41) is 0. The Morgan fingerprint density at radius 1 is 1.38 bits per heavy atom. The normalized spacial score (nSPS) is 15.2. The first kappa shape index (κ1) is 11.1. The topological polar surface area (TPSA) is 37.3 Å². The number of hydrogen-bond acceptors (Lipinski definition) is 2. The molecule has 0 aliphatic rings. The molecule has 0 fully saturated rings. The molecule has 1 aromatic rings. The van der Waals surface area contributed by atoms with Crippen LogP contribution in [-0.4, -0.2) is 16.9 Å². The van der Waals surface area contributed by atoms with Crippen LogP contribution in [0.15, 0.2) is 35.2 Å². The molecule has 1 atom stereocenters. The lowest BCUT2D eigenvalue weighted by Crippen LogP contribution is -1.85. The van der Waals surface area contributed by atoms with Gasteiger partial charge in [-0.2, -0.15) is 0 Å². The van der Waals surface area contributed by atoms with Crippen molar-refractivity contribution in [2.24, 2.45) is 0 Å². The molecule has 1 rings (SSSR count). The molecular formula is C8H10ClO2PS. The lowest BCUT2D eigenvalue weighted by molar-refractivity contribution is 0.498. The van der Waals surface area contributed by atoms with Gasteiger partial charge in [0.2, 0.25) is 0 Å². The molecular weight excluding hydrogens is 227 g/mol. The summed E-state index contributed by atoms with van der Waals surface area (Å²) in [6.45, 7) is -3.13. The first-order chi connectivity index (χ1) is 6.14. The van der Waals surface area contributed by atoms with Crippen molar-refractivity contribution >= 4 is 29.6 Å². The molecule has 72 valence electrons. The van der Waals surface area contributed by atoms with Gasteiger partial charge in [0.05, 0.1) is 0 Å². The minimum Gasteiger partial charge on any atom is -0.337 e. The summed E-state index contributed by atoms with van der Waals surface area (Å²) in [5.41, 5.74) is 0. The van der Waals surface area contributed by atoms with E-state index in [1.807, 2.05) is 30.3 Å². The lowest BCUT2D eigenvalue weighted by Gasteiger charge is -2.07. The summed E-state index contributed by atoms with van der Waals surface area (Å²) in [6, 6.07) is 9.16. The van der Waals surface area contributed by atoms with Gasteiger partial charge in [0.25, 0.3) is 6.57 Å². The predicted octanol–water partition coefficient (Wildman–Crippen LogP) is 3.20. The van der Waals surface area contributed by atoms with Gasteiger partial charge in [0.15, 0.2) is 0 Å². The maximum Gasteiger partial charge on any atom is 0.260 e. The highest BCUT2D eigenvalue weighted by Gasteiger charge is 2.18. The molecule has 2 nitrogen and oxygen atoms in total. The Kier molecular flexibility index (Phi) is 4.33. The van der Waals surface area contributed by atoms with E-state index in [-0.39, 0.29) is 12.0 Å². The predicted molar refractivity (Wildman–Crippen MR) is 57.7 cm³/mol. The van der Waals surface area contributed by atoms with Crippen LogP contribution in [0.3, 0.4) is 0 Å². The maximum atomic E-state index is 11.4. The van der Waals surface area contributed by atoms with Crippen molar-refractivity contribution in [2.45, 2.75) is 4.90 Å². The number of halogens is 1. The van der Waals surface area contributed by atoms with E-state index in [2.05, 4.69) is 0 Å². The number of benzene rings is 1.